The van der Waals surface area contributed by atoms with Crippen LogP contribution >= 0.6 is 0 Å². The molecule has 3 N–H and O–H groups in total. The zero-order valence-electron chi connectivity index (χ0n) is 13.4. The Labute approximate surface area is 141 Å². The molecule has 3 saturated carbocycles. The Morgan fingerprint density at radius 1 is 1.40 bits per heavy atom. The Kier molecular flexibility index (Phi) is 3.31. The number of pyridine rings is 1. The van der Waals surface area contributed by atoms with E-state index in [1.54, 1.807) is 13.1 Å². The summed E-state index contributed by atoms with van der Waals surface area (Å²) < 4.78 is 43.3. The van der Waals surface area contributed by atoms with Crippen LogP contribution in [-0.4, -0.2) is 26.0 Å². The summed E-state index contributed by atoms with van der Waals surface area (Å²) in [5.74, 6) is 0.320. The summed E-state index contributed by atoms with van der Waals surface area (Å²) in [6.07, 6.45) is 0.613. The van der Waals surface area contributed by atoms with E-state index >= 15 is 0 Å². The molecule has 5 rings (SSSR count). The molecule has 0 saturated heterocycles. The van der Waals surface area contributed by atoms with Gasteiger partial charge in [-0.1, -0.05) is 0 Å². The van der Waals surface area contributed by atoms with E-state index in [9.17, 15) is 18.3 Å². The quantitative estimate of drug-likeness (QED) is 0.882. The number of alkyl halides is 3. The van der Waals surface area contributed by atoms with Crippen molar-refractivity contribution in [2.75, 3.05) is 5.73 Å². The standard InChI is InChI=1S/C16H17F3N4O2/c1-8(24)14-22-11(7-23(14)15-3-9(4-15)5-15)10-2-12(13(20)21-6-10)25-16(17,18)19/h2,6-9,24H,3-5H2,1H3,(H2,20,21)/t8-,9?,15?/m1/s1. The predicted octanol–water partition coefficient (Wildman–Crippen LogP) is 2.99. The summed E-state index contributed by atoms with van der Waals surface area (Å²) in [5, 5.41) is 10.0. The number of ether oxygens (including phenoxy) is 1. The Morgan fingerprint density at radius 2 is 2.08 bits per heavy atom. The molecule has 3 aliphatic rings. The lowest BCUT2D eigenvalue weighted by Crippen LogP contribution is -2.59. The van der Waals surface area contributed by atoms with Crippen LogP contribution in [-0.2, 0) is 5.54 Å². The lowest BCUT2D eigenvalue weighted by molar-refractivity contribution is -0.274. The van der Waals surface area contributed by atoms with Crippen LogP contribution in [0.4, 0.5) is 19.0 Å². The van der Waals surface area contributed by atoms with Crippen LogP contribution in [0.2, 0.25) is 0 Å². The summed E-state index contributed by atoms with van der Waals surface area (Å²) in [4.78, 5) is 8.19. The highest BCUT2D eigenvalue weighted by Gasteiger charge is 2.58. The zero-order valence-corrected chi connectivity index (χ0v) is 13.4. The summed E-state index contributed by atoms with van der Waals surface area (Å²) in [6, 6.07) is 1.16. The number of hydrogen-bond donors (Lipinski definition) is 2. The highest BCUT2D eigenvalue weighted by atomic mass is 19.4. The van der Waals surface area contributed by atoms with E-state index in [1.807, 2.05) is 4.57 Å². The Hall–Kier alpha value is -2.29. The molecule has 0 radical (unpaired) electrons. The lowest BCUT2D eigenvalue weighted by Gasteiger charge is -2.62. The minimum absolute atomic E-state index is 0.00518. The number of aromatic nitrogens is 3. The average Bonchev–Trinajstić information content (AvgIpc) is 2.81. The molecule has 3 fully saturated rings. The third-order valence-electron chi connectivity index (χ3n) is 5.03. The summed E-state index contributed by atoms with van der Waals surface area (Å²) in [6.45, 7) is 1.62. The van der Waals surface area contributed by atoms with Crippen molar-refractivity contribution in [2.24, 2.45) is 5.92 Å². The molecule has 2 aromatic heterocycles. The molecule has 25 heavy (non-hydrogen) atoms. The maximum atomic E-state index is 12.5. The highest BCUT2D eigenvalue weighted by molar-refractivity contribution is 5.64. The van der Waals surface area contributed by atoms with E-state index in [4.69, 9.17) is 5.73 Å². The van der Waals surface area contributed by atoms with E-state index in [0.717, 1.165) is 31.2 Å². The van der Waals surface area contributed by atoms with Gasteiger partial charge >= 0.3 is 6.36 Å². The fraction of sp³-hybridized carbons (Fsp3) is 0.500. The minimum atomic E-state index is -4.86. The van der Waals surface area contributed by atoms with Gasteiger partial charge in [0.05, 0.1) is 5.69 Å². The van der Waals surface area contributed by atoms with Crippen molar-refractivity contribution < 1.29 is 23.0 Å². The van der Waals surface area contributed by atoms with Gasteiger partial charge in [-0.05, 0) is 38.2 Å². The third-order valence-corrected chi connectivity index (χ3v) is 5.03. The predicted molar refractivity (Wildman–Crippen MR) is 82.5 cm³/mol. The first-order chi connectivity index (χ1) is 11.7. The molecule has 2 bridgehead atoms. The Bertz CT molecular complexity index is 814. The topological polar surface area (TPSA) is 86.2 Å². The minimum Gasteiger partial charge on any atom is -0.402 e. The summed E-state index contributed by atoms with van der Waals surface area (Å²) in [5.41, 5.74) is 6.24. The molecule has 3 aliphatic carbocycles. The largest absolute Gasteiger partial charge is 0.573 e. The number of halogens is 3. The van der Waals surface area contributed by atoms with Crippen LogP contribution in [0.25, 0.3) is 11.3 Å². The van der Waals surface area contributed by atoms with Gasteiger partial charge in [-0.15, -0.1) is 13.2 Å². The molecule has 0 unspecified atom stereocenters. The fourth-order valence-electron chi connectivity index (χ4n) is 3.74. The molecular weight excluding hydrogens is 337 g/mol. The number of nitrogens with two attached hydrogens (primary N) is 1. The number of anilines is 1. The number of hydrogen-bond acceptors (Lipinski definition) is 5. The van der Waals surface area contributed by atoms with Gasteiger partial charge in [0.25, 0.3) is 0 Å². The van der Waals surface area contributed by atoms with Crippen LogP contribution in [0.3, 0.4) is 0 Å². The number of rotatable bonds is 4. The van der Waals surface area contributed by atoms with Crippen molar-refractivity contribution in [2.45, 2.75) is 44.2 Å². The molecule has 2 aromatic rings. The molecule has 0 aliphatic heterocycles. The van der Waals surface area contributed by atoms with E-state index in [1.165, 1.54) is 6.20 Å². The SMILES string of the molecule is C[C@@H](O)c1nc(-c2cnc(N)c(OC(F)(F)F)c2)cn1C12CC(C1)C2. The van der Waals surface area contributed by atoms with Crippen molar-refractivity contribution in [1.82, 2.24) is 14.5 Å². The van der Waals surface area contributed by atoms with Gasteiger partial charge in [0, 0.05) is 23.5 Å². The first-order valence-corrected chi connectivity index (χ1v) is 7.96. The maximum Gasteiger partial charge on any atom is 0.573 e. The first kappa shape index (κ1) is 16.2. The van der Waals surface area contributed by atoms with Gasteiger partial charge in [0.1, 0.15) is 11.9 Å². The first-order valence-electron chi connectivity index (χ1n) is 7.96. The summed E-state index contributed by atoms with van der Waals surface area (Å²) >= 11 is 0. The summed E-state index contributed by atoms with van der Waals surface area (Å²) in [7, 11) is 0. The number of aliphatic hydroxyl groups is 1. The normalized spacial score (nSPS) is 25.9. The van der Waals surface area contributed by atoms with Crippen LogP contribution in [0.1, 0.15) is 38.1 Å². The number of imidazole rings is 1. The van der Waals surface area contributed by atoms with Crippen LogP contribution in [0.5, 0.6) is 5.75 Å². The molecule has 0 spiro atoms. The fourth-order valence-corrected chi connectivity index (χ4v) is 3.74. The van der Waals surface area contributed by atoms with Gasteiger partial charge in [-0.3, -0.25) is 0 Å². The van der Waals surface area contributed by atoms with Crippen molar-refractivity contribution in [3.63, 3.8) is 0 Å². The Balaban J connectivity index is 1.72. The monoisotopic (exact) mass is 354 g/mol. The van der Waals surface area contributed by atoms with E-state index in [-0.39, 0.29) is 11.4 Å². The Morgan fingerprint density at radius 3 is 2.60 bits per heavy atom. The second-order valence-electron chi connectivity index (χ2n) is 6.89. The van der Waals surface area contributed by atoms with Crippen LogP contribution in [0, 0.1) is 5.92 Å². The molecule has 0 aromatic carbocycles. The van der Waals surface area contributed by atoms with Crippen molar-refractivity contribution in [3.8, 4) is 17.0 Å². The van der Waals surface area contributed by atoms with E-state index < -0.39 is 18.2 Å². The second-order valence-corrected chi connectivity index (χ2v) is 6.89. The molecule has 2 heterocycles. The maximum absolute atomic E-state index is 12.5. The van der Waals surface area contributed by atoms with Gasteiger partial charge in [-0.2, -0.15) is 0 Å². The molecule has 0 amide bonds. The molecular formula is C16H17F3N4O2. The van der Waals surface area contributed by atoms with Gasteiger partial charge in [0.2, 0.25) is 0 Å². The molecule has 134 valence electrons. The van der Waals surface area contributed by atoms with Crippen LogP contribution < -0.4 is 10.5 Å². The lowest BCUT2D eigenvalue weighted by atomic mass is 9.49. The molecule has 6 nitrogen and oxygen atoms in total. The van der Waals surface area contributed by atoms with Crippen molar-refractivity contribution in [3.05, 3.63) is 24.3 Å². The molecule has 9 heteroatoms. The second kappa shape index (κ2) is 5.10. The smallest absolute Gasteiger partial charge is 0.402 e. The van der Waals surface area contributed by atoms with Crippen molar-refractivity contribution >= 4 is 5.82 Å². The van der Waals surface area contributed by atoms with E-state index in [0.29, 0.717) is 17.1 Å². The van der Waals surface area contributed by atoms with Gasteiger partial charge < -0.3 is 20.1 Å². The zero-order chi connectivity index (χ0) is 18.0. The number of nitrogens with zero attached hydrogens (tertiary/aromatic N) is 3. The van der Waals surface area contributed by atoms with E-state index in [2.05, 4.69) is 14.7 Å². The molecule has 1 atom stereocenters. The van der Waals surface area contributed by atoms with Gasteiger partial charge in [-0.25, -0.2) is 9.97 Å². The average molecular weight is 354 g/mol. The highest BCUT2D eigenvalue weighted by Crippen LogP contribution is 2.63. The van der Waals surface area contributed by atoms with Crippen molar-refractivity contribution in [1.29, 1.82) is 0 Å². The van der Waals surface area contributed by atoms with Gasteiger partial charge in [0.15, 0.2) is 11.6 Å². The van der Waals surface area contributed by atoms with Crippen LogP contribution in [0.15, 0.2) is 18.5 Å². The number of nitrogen functional groups attached to an aromatic ring is 1. The number of aliphatic hydroxyl groups excluding tert-OH is 1. The third kappa shape index (κ3) is 2.62.